The van der Waals surface area contributed by atoms with E-state index in [4.69, 9.17) is 5.73 Å². The minimum atomic E-state index is -4.35. The number of rotatable bonds is 0. The Morgan fingerprint density at radius 1 is 1.27 bits per heavy atom. The van der Waals surface area contributed by atoms with Crippen molar-refractivity contribution in [2.75, 3.05) is 0 Å². The number of hydrogen-bond donors (Lipinski definition) is 1. The van der Waals surface area contributed by atoms with Crippen LogP contribution in [0.1, 0.15) is 6.42 Å². The van der Waals surface area contributed by atoms with Crippen LogP contribution >= 0.6 is 0 Å². The van der Waals surface area contributed by atoms with Gasteiger partial charge in [-0.25, -0.2) is 0 Å². The van der Waals surface area contributed by atoms with Crippen LogP contribution in [0.15, 0.2) is 24.3 Å². The van der Waals surface area contributed by atoms with Crippen molar-refractivity contribution in [3.63, 3.8) is 0 Å². The van der Waals surface area contributed by atoms with Crippen molar-refractivity contribution < 1.29 is 13.2 Å². The van der Waals surface area contributed by atoms with E-state index in [1.54, 1.807) is 6.08 Å². The quantitative estimate of drug-likeness (QED) is 0.578. The molecule has 0 fully saturated rings. The van der Waals surface area contributed by atoms with Gasteiger partial charge in [0.2, 0.25) is 0 Å². The fourth-order valence-corrected chi connectivity index (χ4v) is 0.847. The summed E-state index contributed by atoms with van der Waals surface area (Å²) in [6.07, 6.45) is 0.732. The van der Waals surface area contributed by atoms with Crippen molar-refractivity contribution in [3.05, 3.63) is 24.3 Å². The molecule has 0 bridgehead atoms. The third kappa shape index (κ3) is 1.45. The largest absolute Gasteiger partial charge is 0.410 e. The smallest absolute Gasteiger partial charge is 0.314 e. The van der Waals surface area contributed by atoms with Crippen LogP contribution in [0.3, 0.4) is 0 Å². The molecule has 0 heterocycles. The lowest BCUT2D eigenvalue weighted by Gasteiger charge is -2.28. The molecule has 1 rings (SSSR count). The summed E-state index contributed by atoms with van der Waals surface area (Å²) in [5, 5.41) is 0. The highest BCUT2D eigenvalue weighted by Crippen LogP contribution is 2.33. The number of allylic oxidation sites excluding steroid dienone is 2. The summed E-state index contributed by atoms with van der Waals surface area (Å²) in [6, 6.07) is 0. The lowest BCUT2D eigenvalue weighted by Crippen LogP contribution is -2.51. The van der Waals surface area contributed by atoms with Gasteiger partial charge in [0, 0.05) is 0 Å². The van der Waals surface area contributed by atoms with Gasteiger partial charge in [-0.1, -0.05) is 24.3 Å². The molecule has 1 unspecified atom stereocenters. The molecule has 0 aliphatic heterocycles. The maximum absolute atomic E-state index is 12.1. The molecule has 4 heteroatoms. The zero-order valence-electron chi connectivity index (χ0n) is 5.73. The summed E-state index contributed by atoms with van der Waals surface area (Å²) in [4.78, 5) is 0. The Morgan fingerprint density at radius 2 is 1.91 bits per heavy atom. The Hall–Kier alpha value is -0.770. The molecule has 1 aliphatic rings. The maximum Gasteiger partial charge on any atom is 0.410 e. The molecular weight excluding hydrogens is 155 g/mol. The van der Waals surface area contributed by atoms with Crippen molar-refractivity contribution in [2.24, 2.45) is 5.73 Å². The molecule has 0 aromatic rings. The Morgan fingerprint density at radius 3 is 2.18 bits per heavy atom. The fourth-order valence-electron chi connectivity index (χ4n) is 0.847. The van der Waals surface area contributed by atoms with Crippen LogP contribution in [0.2, 0.25) is 0 Å². The van der Waals surface area contributed by atoms with E-state index in [0.717, 1.165) is 6.08 Å². The summed E-state index contributed by atoms with van der Waals surface area (Å²) >= 11 is 0. The second-order valence-corrected chi connectivity index (χ2v) is 2.53. The van der Waals surface area contributed by atoms with Gasteiger partial charge < -0.3 is 5.73 Å². The highest BCUT2D eigenvalue weighted by molar-refractivity contribution is 5.22. The second-order valence-electron chi connectivity index (χ2n) is 2.53. The number of nitrogens with two attached hydrogens (primary N) is 1. The lowest BCUT2D eigenvalue weighted by atomic mass is 9.92. The highest BCUT2D eigenvalue weighted by Gasteiger charge is 2.49. The molecule has 0 spiro atoms. The first-order valence-corrected chi connectivity index (χ1v) is 3.16. The van der Waals surface area contributed by atoms with Crippen molar-refractivity contribution >= 4 is 0 Å². The predicted molar refractivity (Wildman–Crippen MR) is 35.9 cm³/mol. The monoisotopic (exact) mass is 163 g/mol. The molecule has 1 aliphatic carbocycles. The molecule has 1 nitrogen and oxygen atoms in total. The first kappa shape index (κ1) is 8.33. The highest BCUT2D eigenvalue weighted by atomic mass is 19.4. The first-order valence-electron chi connectivity index (χ1n) is 3.16. The zero-order chi connectivity index (χ0) is 8.54. The van der Waals surface area contributed by atoms with Gasteiger partial charge in [-0.3, -0.25) is 0 Å². The molecule has 62 valence electrons. The van der Waals surface area contributed by atoms with E-state index in [1.807, 2.05) is 0 Å². The van der Waals surface area contributed by atoms with E-state index in [9.17, 15) is 13.2 Å². The van der Waals surface area contributed by atoms with Crippen molar-refractivity contribution in [3.8, 4) is 0 Å². The van der Waals surface area contributed by atoms with Gasteiger partial charge in [-0.05, 0) is 6.42 Å². The van der Waals surface area contributed by atoms with Crippen LogP contribution in [-0.2, 0) is 0 Å². The zero-order valence-corrected chi connectivity index (χ0v) is 5.73. The Labute approximate surface area is 62.4 Å². The molecule has 0 saturated carbocycles. The van der Waals surface area contributed by atoms with Crippen LogP contribution in [-0.4, -0.2) is 11.7 Å². The molecular formula is C7H8F3N. The average molecular weight is 163 g/mol. The minimum absolute atomic E-state index is 0.174. The van der Waals surface area contributed by atoms with Gasteiger partial charge in [-0.15, -0.1) is 0 Å². The van der Waals surface area contributed by atoms with Gasteiger partial charge in [0.05, 0.1) is 0 Å². The molecule has 2 N–H and O–H groups in total. The van der Waals surface area contributed by atoms with Crippen molar-refractivity contribution in [2.45, 2.75) is 18.1 Å². The Kier molecular flexibility index (Phi) is 1.80. The lowest BCUT2D eigenvalue weighted by molar-refractivity contribution is -0.170. The van der Waals surface area contributed by atoms with Crippen LogP contribution in [0, 0.1) is 0 Å². The Bertz CT molecular complexity index is 204. The fraction of sp³-hybridized carbons (Fsp3) is 0.429. The molecule has 11 heavy (non-hydrogen) atoms. The molecule has 0 aromatic heterocycles. The van der Waals surface area contributed by atoms with Crippen LogP contribution in [0.5, 0.6) is 0 Å². The van der Waals surface area contributed by atoms with Gasteiger partial charge >= 0.3 is 6.18 Å². The van der Waals surface area contributed by atoms with E-state index >= 15 is 0 Å². The van der Waals surface area contributed by atoms with E-state index in [-0.39, 0.29) is 6.42 Å². The van der Waals surface area contributed by atoms with Gasteiger partial charge in [-0.2, -0.15) is 13.2 Å². The summed E-state index contributed by atoms with van der Waals surface area (Å²) in [5.74, 6) is 0. The normalized spacial score (nSPS) is 30.9. The number of halogens is 3. The van der Waals surface area contributed by atoms with Gasteiger partial charge in [0.15, 0.2) is 0 Å². The summed E-state index contributed by atoms with van der Waals surface area (Å²) in [5.41, 5.74) is 2.92. The van der Waals surface area contributed by atoms with E-state index < -0.39 is 11.7 Å². The predicted octanol–water partition coefficient (Wildman–Crippen LogP) is 1.76. The average Bonchev–Trinajstić information content (AvgIpc) is 1.87. The SMILES string of the molecule is NC1(C(F)(F)F)C=CC=CC1. The van der Waals surface area contributed by atoms with Gasteiger partial charge in [0.25, 0.3) is 0 Å². The first-order chi connectivity index (χ1) is 4.96. The molecule has 1 atom stereocenters. The standard InChI is InChI=1S/C7H8F3N/c8-7(9,10)6(11)4-2-1-3-5-6/h1-4H,5,11H2. The van der Waals surface area contributed by atoms with Crippen molar-refractivity contribution in [1.29, 1.82) is 0 Å². The second kappa shape index (κ2) is 2.37. The molecule has 0 radical (unpaired) electrons. The van der Waals surface area contributed by atoms with E-state index in [2.05, 4.69) is 0 Å². The molecule has 0 saturated heterocycles. The van der Waals surface area contributed by atoms with Crippen LogP contribution < -0.4 is 5.73 Å². The molecule has 0 amide bonds. The van der Waals surface area contributed by atoms with Crippen LogP contribution in [0.4, 0.5) is 13.2 Å². The van der Waals surface area contributed by atoms with Crippen molar-refractivity contribution in [1.82, 2.24) is 0 Å². The van der Waals surface area contributed by atoms with Gasteiger partial charge in [0.1, 0.15) is 5.54 Å². The Balaban J connectivity index is 2.84. The third-order valence-corrected chi connectivity index (χ3v) is 1.62. The van der Waals surface area contributed by atoms with Crippen LogP contribution in [0.25, 0.3) is 0 Å². The summed E-state index contributed by atoms with van der Waals surface area (Å²) in [7, 11) is 0. The number of hydrogen-bond acceptors (Lipinski definition) is 1. The van der Waals surface area contributed by atoms with E-state index in [0.29, 0.717) is 0 Å². The number of alkyl halides is 3. The van der Waals surface area contributed by atoms with E-state index in [1.165, 1.54) is 12.2 Å². The third-order valence-electron chi connectivity index (χ3n) is 1.62. The summed E-state index contributed by atoms with van der Waals surface area (Å²) in [6.45, 7) is 0. The minimum Gasteiger partial charge on any atom is -0.314 e. The maximum atomic E-state index is 12.1. The molecule has 0 aromatic carbocycles. The topological polar surface area (TPSA) is 26.0 Å². The summed E-state index contributed by atoms with van der Waals surface area (Å²) < 4.78 is 36.3.